The van der Waals surface area contributed by atoms with Crippen molar-refractivity contribution in [2.45, 2.75) is 18.6 Å². The molecule has 1 aromatic heterocycles. The van der Waals surface area contributed by atoms with Crippen molar-refractivity contribution in [3.63, 3.8) is 0 Å². The van der Waals surface area contributed by atoms with Crippen LogP contribution in [0.2, 0.25) is 0 Å². The van der Waals surface area contributed by atoms with Crippen LogP contribution in [0.3, 0.4) is 0 Å². The number of benzene rings is 2. The van der Waals surface area contributed by atoms with Crippen molar-refractivity contribution in [1.29, 1.82) is 5.26 Å². The summed E-state index contributed by atoms with van der Waals surface area (Å²) in [5, 5.41) is 22.1. The maximum Gasteiger partial charge on any atom is 0.176 e. The number of aliphatic hydroxyl groups excluding tert-OH is 1. The highest BCUT2D eigenvalue weighted by molar-refractivity contribution is 5.80. The predicted molar refractivity (Wildman–Crippen MR) is 84.9 cm³/mol. The minimum Gasteiger partial charge on any atom is -0.385 e. The molecular weight excluding hydrogens is 272 g/mol. The van der Waals surface area contributed by atoms with E-state index < -0.39 is 12.0 Å². The minimum absolute atomic E-state index is 0.387. The van der Waals surface area contributed by atoms with Crippen LogP contribution in [0.5, 0.6) is 0 Å². The summed E-state index contributed by atoms with van der Waals surface area (Å²) in [6, 6.07) is 21.7. The van der Waals surface area contributed by atoms with Crippen molar-refractivity contribution < 1.29 is 9.67 Å². The van der Waals surface area contributed by atoms with Gasteiger partial charge in [0.05, 0.1) is 6.07 Å². The zero-order valence-electron chi connectivity index (χ0n) is 12.1. The normalized spacial score (nSPS) is 13.5. The Morgan fingerprint density at radius 1 is 0.955 bits per heavy atom. The van der Waals surface area contributed by atoms with E-state index in [9.17, 15) is 10.4 Å². The van der Waals surface area contributed by atoms with Crippen LogP contribution >= 0.6 is 0 Å². The van der Waals surface area contributed by atoms with Crippen LogP contribution < -0.4 is 4.57 Å². The Kier molecular flexibility index (Phi) is 4.13. The average molecular weight is 289 g/mol. The van der Waals surface area contributed by atoms with Crippen molar-refractivity contribution in [2.75, 3.05) is 0 Å². The molecule has 0 aliphatic rings. The van der Waals surface area contributed by atoms with Crippen LogP contribution in [0.25, 0.3) is 10.8 Å². The van der Waals surface area contributed by atoms with E-state index in [4.69, 9.17) is 0 Å². The van der Waals surface area contributed by atoms with Crippen LogP contribution in [0.1, 0.15) is 11.5 Å². The molecule has 0 aliphatic carbocycles. The third-order valence-corrected chi connectivity index (χ3v) is 3.83. The van der Waals surface area contributed by atoms with Gasteiger partial charge in [-0.15, -0.1) is 0 Å². The number of nitrogens with zero attached hydrogens (tertiary/aromatic N) is 2. The molecule has 0 saturated carbocycles. The fourth-order valence-corrected chi connectivity index (χ4v) is 2.66. The predicted octanol–water partition coefficient (Wildman–Crippen LogP) is 2.80. The molecule has 3 aromatic rings. The molecule has 0 bridgehead atoms. The minimum atomic E-state index is -0.751. The first-order chi connectivity index (χ1) is 10.8. The summed E-state index contributed by atoms with van der Waals surface area (Å²) in [7, 11) is 0. The number of aromatic nitrogens is 1. The lowest BCUT2D eigenvalue weighted by Gasteiger charge is -2.14. The lowest BCUT2D eigenvalue weighted by Crippen LogP contribution is -2.41. The van der Waals surface area contributed by atoms with E-state index in [1.165, 1.54) is 0 Å². The van der Waals surface area contributed by atoms with Gasteiger partial charge in [0.25, 0.3) is 0 Å². The third-order valence-electron chi connectivity index (χ3n) is 3.83. The molecule has 22 heavy (non-hydrogen) atoms. The van der Waals surface area contributed by atoms with E-state index in [1.807, 2.05) is 71.6 Å². The summed E-state index contributed by atoms with van der Waals surface area (Å²) < 4.78 is 1.93. The van der Waals surface area contributed by atoms with E-state index in [1.54, 1.807) is 0 Å². The molecule has 0 aliphatic heterocycles. The van der Waals surface area contributed by atoms with Crippen LogP contribution in [0, 0.1) is 11.3 Å². The number of hydrogen-bond donors (Lipinski definition) is 1. The van der Waals surface area contributed by atoms with E-state index in [2.05, 4.69) is 12.1 Å². The van der Waals surface area contributed by atoms with Gasteiger partial charge < -0.3 is 5.11 Å². The van der Waals surface area contributed by atoms with Crippen molar-refractivity contribution in [1.82, 2.24) is 0 Å². The van der Waals surface area contributed by atoms with Crippen LogP contribution in [0.15, 0.2) is 73.1 Å². The Balaban J connectivity index is 1.82. The van der Waals surface area contributed by atoms with Crippen LogP contribution in [0.4, 0.5) is 0 Å². The molecular formula is C19H17N2O+. The van der Waals surface area contributed by atoms with Gasteiger partial charge in [-0.2, -0.15) is 5.26 Å². The Bertz CT molecular complexity index is 808. The first-order valence-electron chi connectivity index (χ1n) is 7.28. The van der Waals surface area contributed by atoms with Gasteiger partial charge in [0.1, 0.15) is 12.0 Å². The Hall–Kier alpha value is -2.70. The molecule has 1 N–H and O–H groups in total. The van der Waals surface area contributed by atoms with Crippen LogP contribution in [-0.4, -0.2) is 11.2 Å². The monoisotopic (exact) mass is 289 g/mol. The van der Waals surface area contributed by atoms with Gasteiger partial charge in [-0.1, -0.05) is 48.5 Å². The van der Waals surface area contributed by atoms with Gasteiger partial charge >= 0.3 is 0 Å². The quantitative estimate of drug-likeness (QED) is 0.751. The highest BCUT2D eigenvalue weighted by atomic mass is 16.3. The zero-order chi connectivity index (χ0) is 15.4. The second kappa shape index (κ2) is 6.38. The molecule has 2 aromatic carbocycles. The SMILES string of the molecule is N#C[C@H](c1ccccc1)[C@@H](O)C[n+]1ccc2ccccc2c1. The van der Waals surface area contributed by atoms with E-state index in [0.717, 1.165) is 16.3 Å². The molecule has 0 unspecified atom stereocenters. The topological polar surface area (TPSA) is 47.9 Å². The molecule has 2 atom stereocenters. The van der Waals surface area contributed by atoms with Gasteiger partial charge in [0.15, 0.2) is 18.9 Å². The van der Waals surface area contributed by atoms with Crippen LogP contribution in [-0.2, 0) is 6.54 Å². The lowest BCUT2D eigenvalue weighted by atomic mass is 9.95. The molecule has 3 nitrogen and oxygen atoms in total. The molecule has 0 saturated heterocycles. The maximum atomic E-state index is 10.4. The maximum absolute atomic E-state index is 10.4. The largest absolute Gasteiger partial charge is 0.385 e. The van der Waals surface area contributed by atoms with Gasteiger partial charge in [-0.3, -0.25) is 0 Å². The molecule has 1 heterocycles. The number of hydrogen-bond acceptors (Lipinski definition) is 2. The second-order valence-electron chi connectivity index (χ2n) is 5.36. The molecule has 3 rings (SSSR count). The summed E-state index contributed by atoms with van der Waals surface area (Å²) in [4.78, 5) is 0. The molecule has 0 spiro atoms. The smallest absolute Gasteiger partial charge is 0.176 e. The van der Waals surface area contributed by atoms with Gasteiger partial charge in [-0.25, -0.2) is 4.57 Å². The highest BCUT2D eigenvalue weighted by Crippen LogP contribution is 2.19. The summed E-state index contributed by atoms with van der Waals surface area (Å²) in [6.45, 7) is 0.387. The van der Waals surface area contributed by atoms with E-state index in [-0.39, 0.29) is 0 Å². The highest BCUT2D eigenvalue weighted by Gasteiger charge is 2.24. The molecule has 0 radical (unpaired) electrons. The standard InChI is InChI=1S/C19H17N2O/c20-12-18(16-7-2-1-3-8-16)19(22)14-21-11-10-15-6-4-5-9-17(15)13-21/h1-11,13,18-19,22H,14H2/q+1/t18-,19+/m1/s1. The summed E-state index contributed by atoms with van der Waals surface area (Å²) in [5.74, 6) is -0.528. The first-order valence-corrected chi connectivity index (χ1v) is 7.28. The number of pyridine rings is 1. The van der Waals surface area contributed by atoms with E-state index in [0.29, 0.717) is 6.54 Å². The molecule has 0 fully saturated rings. The van der Waals surface area contributed by atoms with Crippen molar-refractivity contribution >= 4 is 10.8 Å². The molecule has 0 amide bonds. The van der Waals surface area contributed by atoms with Gasteiger partial charge in [-0.05, 0) is 17.0 Å². The number of rotatable bonds is 4. The number of nitriles is 1. The molecule has 3 heteroatoms. The Labute approximate surface area is 129 Å². The Morgan fingerprint density at radius 3 is 2.36 bits per heavy atom. The zero-order valence-corrected chi connectivity index (χ0v) is 12.1. The Morgan fingerprint density at radius 2 is 1.64 bits per heavy atom. The van der Waals surface area contributed by atoms with Crippen molar-refractivity contribution in [3.05, 3.63) is 78.6 Å². The summed E-state index contributed by atoms with van der Waals surface area (Å²) >= 11 is 0. The van der Waals surface area contributed by atoms with Crippen molar-refractivity contribution in [3.8, 4) is 6.07 Å². The number of fused-ring (bicyclic) bond motifs is 1. The van der Waals surface area contributed by atoms with Crippen molar-refractivity contribution in [2.24, 2.45) is 0 Å². The van der Waals surface area contributed by atoms with Gasteiger partial charge in [0.2, 0.25) is 0 Å². The fraction of sp³-hybridized carbons (Fsp3) is 0.158. The lowest BCUT2D eigenvalue weighted by molar-refractivity contribution is -0.702. The second-order valence-corrected chi connectivity index (χ2v) is 5.36. The fourth-order valence-electron chi connectivity index (χ4n) is 2.66. The first kappa shape index (κ1) is 14.2. The summed E-state index contributed by atoms with van der Waals surface area (Å²) in [5.41, 5.74) is 0.846. The van der Waals surface area contributed by atoms with E-state index >= 15 is 0 Å². The average Bonchev–Trinajstić information content (AvgIpc) is 2.56. The third kappa shape index (κ3) is 2.98. The number of aliphatic hydroxyl groups is 1. The van der Waals surface area contributed by atoms with Gasteiger partial charge in [0, 0.05) is 11.5 Å². The summed E-state index contributed by atoms with van der Waals surface area (Å²) in [6.07, 6.45) is 3.18. The molecule has 108 valence electrons.